The van der Waals surface area contributed by atoms with E-state index in [4.69, 9.17) is 4.42 Å². The van der Waals surface area contributed by atoms with Crippen LogP contribution in [-0.2, 0) is 16.0 Å². The number of esters is 1. The number of furan rings is 1. The van der Waals surface area contributed by atoms with E-state index in [1.165, 1.54) is 45.5 Å². The predicted molar refractivity (Wildman–Crippen MR) is 102 cm³/mol. The highest BCUT2D eigenvalue weighted by molar-refractivity contribution is 5.96. The lowest BCUT2D eigenvalue weighted by molar-refractivity contribution is -0.140. The lowest BCUT2D eigenvalue weighted by Gasteiger charge is -2.27. The van der Waals surface area contributed by atoms with Crippen LogP contribution in [0, 0.1) is 5.92 Å². The van der Waals surface area contributed by atoms with E-state index in [0.29, 0.717) is 17.2 Å². The van der Waals surface area contributed by atoms with Crippen LogP contribution in [0.4, 0.5) is 0 Å². The van der Waals surface area contributed by atoms with Crippen LogP contribution in [0.3, 0.4) is 0 Å². The number of amides is 1. The molecule has 1 amide bonds. The number of benzene rings is 1. The third-order valence-corrected chi connectivity index (χ3v) is 5.32. The summed E-state index contributed by atoms with van der Waals surface area (Å²) in [5.41, 5.74) is 1.50. The first-order chi connectivity index (χ1) is 13.2. The Hall–Kier alpha value is -2.56. The Morgan fingerprint density at radius 1 is 1.15 bits per heavy atom. The summed E-state index contributed by atoms with van der Waals surface area (Å²) in [5, 5.41) is 3.16. The van der Waals surface area contributed by atoms with Crippen molar-refractivity contribution in [2.24, 2.45) is 5.92 Å². The van der Waals surface area contributed by atoms with Gasteiger partial charge in [0, 0.05) is 0 Å². The van der Waals surface area contributed by atoms with E-state index in [0.717, 1.165) is 12.0 Å². The molecule has 144 valence electrons. The van der Waals surface area contributed by atoms with Crippen LogP contribution in [0.15, 0.2) is 47.1 Å². The summed E-state index contributed by atoms with van der Waals surface area (Å²) in [6.45, 7) is 0. The van der Waals surface area contributed by atoms with Crippen LogP contribution in [0.1, 0.15) is 66.2 Å². The van der Waals surface area contributed by atoms with E-state index in [1.54, 1.807) is 6.07 Å². The van der Waals surface area contributed by atoms with E-state index in [9.17, 15) is 9.59 Å². The van der Waals surface area contributed by atoms with Gasteiger partial charge in [-0.1, -0.05) is 62.4 Å². The predicted octanol–water partition coefficient (Wildman–Crippen LogP) is 4.44. The average Bonchev–Trinajstić information content (AvgIpc) is 3.17. The first-order valence-electron chi connectivity index (χ1n) is 9.66. The van der Waals surface area contributed by atoms with E-state index < -0.39 is 5.97 Å². The Kier molecular flexibility index (Phi) is 6.69. The van der Waals surface area contributed by atoms with Gasteiger partial charge in [-0.15, -0.1) is 0 Å². The fraction of sp³-hybridized carbons (Fsp3) is 0.455. The van der Waals surface area contributed by atoms with Gasteiger partial charge in [0.15, 0.2) is 0 Å². The Morgan fingerprint density at radius 3 is 2.59 bits per heavy atom. The molecule has 2 aromatic rings. The van der Waals surface area contributed by atoms with Crippen molar-refractivity contribution in [1.82, 2.24) is 5.32 Å². The minimum Gasteiger partial charge on any atom is -0.469 e. The molecule has 1 aliphatic carbocycles. The molecule has 0 unspecified atom stereocenters. The largest absolute Gasteiger partial charge is 0.469 e. The minimum atomic E-state index is -0.430. The van der Waals surface area contributed by atoms with Crippen LogP contribution in [-0.4, -0.2) is 19.0 Å². The molecule has 0 radical (unpaired) electrons. The SMILES string of the molecule is COC(=O)Cc1occc1C(=O)N[C@@H](CC1CCCCC1)c1ccccc1. The third kappa shape index (κ3) is 5.22. The van der Waals surface area contributed by atoms with Crippen LogP contribution in [0.5, 0.6) is 0 Å². The van der Waals surface area contributed by atoms with Crippen molar-refractivity contribution in [3.05, 3.63) is 59.5 Å². The molecule has 0 spiro atoms. The topological polar surface area (TPSA) is 68.5 Å². The summed E-state index contributed by atoms with van der Waals surface area (Å²) in [6.07, 6.45) is 8.61. The summed E-state index contributed by atoms with van der Waals surface area (Å²) in [4.78, 5) is 24.4. The van der Waals surface area contributed by atoms with Crippen LogP contribution >= 0.6 is 0 Å². The van der Waals surface area contributed by atoms with Crippen LogP contribution in [0.25, 0.3) is 0 Å². The molecule has 1 aliphatic rings. The van der Waals surface area contributed by atoms with Crippen molar-refractivity contribution in [3.63, 3.8) is 0 Å². The summed E-state index contributed by atoms with van der Waals surface area (Å²) >= 11 is 0. The van der Waals surface area contributed by atoms with Crippen LogP contribution < -0.4 is 5.32 Å². The highest BCUT2D eigenvalue weighted by atomic mass is 16.5. The van der Waals surface area contributed by atoms with Gasteiger partial charge in [-0.25, -0.2) is 0 Å². The van der Waals surface area contributed by atoms with Gasteiger partial charge < -0.3 is 14.5 Å². The quantitative estimate of drug-likeness (QED) is 0.733. The first kappa shape index (κ1) is 19.2. The summed E-state index contributed by atoms with van der Waals surface area (Å²) in [5.74, 6) is 0.320. The van der Waals surface area contributed by atoms with Gasteiger partial charge in [-0.05, 0) is 24.0 Å². The molecule has 5 nitrogen and oxygen atoms in total. The van der Waals surface area contributed by atoms with Crippen molar-refractivity contribution in [2.75, 3.05) is 7.11 Å². The van der Waals surface area contributed by atoms with Crippen molar-refractivity contribution in [1.29, 1.82) is 0 Å². The molecule has 1 fully saturated rings. The van der Waals surface area contributed by atoms with E-state index in [1.807, 2.05) is 18.2 Å². The first-order valence-corrected chi connectivity index (χ1v) is 9.66. The van der Waals surface area contributed by atoms with Gasteiger partial charge in [-0.2, -0.15) is 0 Å². The molecular formula is C22H27NO4. The maximum atomic E-state index is 12.9. The van der Waals surface area contributed by atoms with Crippen molar-refractivity contribution in [2.45, 2.75) is 51.0 Å². The van der Waals surface area contributed by atoms with Crippen LogP contribution in [0.2, 0.25) is 0 Å². The lowest BCUT2D eigenvalue weighted by atomic mass is 9.83. The molecule has 1 aromatic heterocycles. The molecule has 0 saturated heterocycles. The number of methoxy groups -OCH3 is 1. The molecule has 1 atom stereocenters. The Balaban J connectivity index is 1.74. The van der Waals surface area contributed by atoms with Gasteiger partial charge in [0.2, 0.25) is 0 Å². The zero-order chi connectivity index (χ0) is 19.1. The fourth-order valence-electron chi connectivity index (χ4n) is 3.84. The number of carbonyl (C=O) groups excluding carboxylic acids is 2. The number of hydrogen-bond acceptors (Lipinski definition) is 4. The number of carbonyl (C=O) groups is 2. The Morgan fingerprint density at radius 2 is 1.89 bits per heavy atom. The second kappa shape index (κ2) is 9.40. The third-order valence-electron chi connectivity index (χ3n) is 5.32. The Bertz CT molecular complexity index is 747. The second-order valence-corrected chi connectivity index (χ2v) is 7.19. The molecule has 5 heteroatoms. The molecule has 1 aromatic carbocycles. The molecule has 3 rings (SSSR count). The molecule has 1 heterocycles. The van der Waals surface area contributed by atoms with Crippen molar-refractivity contribution < 1.29 is 18.7 Å². The average molecular weight is 369 g/mol. The number of rotatable bonds is 7. The number of nitrogens with one attached hydrogen (secondary N) is 1. The highest BCUT2D eigenvalue weighted by Gasteiger charge is 2.24. The maximum absolute atomic E-state index is 12.9. The van der Waals surface area contributed by atoms with Gasteiger partial charge in [-0.3, -0.25) is 9.59 Å². The van der Waals surface area contributed by atoms with E-state index in [2.05, 4.69) is 22.2 Å². The molecule has 1 saturated carbocycles. The highest BCUT2D eigenvalue weighted by Crippen LogP contribution is 2.32. The van der Waals surface area contributed by atoms with E-state index in [-0.39, 0.29) is 18.4 Å². The summed E-state index contributed by atoms with van der Waals surface area (Å²) in [6, 6.07) is 11.6. The van der Waals surface area contributed by atoms with Gasteiger partial charge in [0.1, 0.15) is 12.2 Å². The minimum absolute atomic E-state index is 0.0507. The number of hydrogen-bond donors (Lipinski definition) is 1. The molecule has 27 heavy (non-hydrogen) atoms. The Labute approximate surface area is 160 Å². The molecule has 0 bridgehead atoms. The van der Waals surface area contributed by atoms with Crippen molar-refractivity contribution in [3.8, 4) is 0 Å². The fourth-order valence-corrected chi connectivity index (χ4v) is 3.84. The molecule has 0 aliphatic heterocycles. The zero-order valence-electron chi connectivity index (χ0n) is 15.8. The standard InChI is InChI=1S/C22H27NO4/c1-26-21(24)15-20-18(12-13-27-20)22(25)23-19(17-10-6-3-7-11-17)14-16-8-4-2-5-9-16/h3,6-7,10-13,16,19H,2,4-5,8-9,14-15H2,1H3,(H,23,25)/t19-/m0/s1. The summed E-state index contributed by atoms with van der Waals surface area (Å²) in [7, 11) is 1.32. The van der Waals surface area contributed by atoms with Gasteiger partial charge in [0.05, 0.1) is 25.0 Å². The van der Waals surface area contributed by atoms with Crippen molar-refractivity contribution >= 4 is 11.9 Å². The monoisotopic (exact) mass is 369 g/mol. The summed E-state index contributed by atoms with van der Waals surface area (Å²) < 4.78 is 10.0. The second-order valence-electron chi connectivity index (χ2n) is 7.19. The zero-order valence-corrected chi connectivity index (χ0v) is 15.8. The maximum Gasteiger partial charge on any atom is 0.313 e. The normalized spacial score (nSPS) is 15.9. The van der Waals surface area contributed by atoms with Gasteiger partial charge >= 0.3 is 5.97 Å². The smallest absolute Gasteiger partial charge is 0.313 e. The van der Waals surface area contributed by atoms with Gasteiger partial charge in [0.25, 0.3) is 5.91 Å². The molecule has 1 N–H and O–H groups in total. The van der Waals surface area contributed by atoms with E-state index >= 15 is 0 Å². The number of ether oxygens (including phenoxy) is 1. The lowest BCUT2D eigenvalue weighted by Crippen LogP contribution is -2.31. The molecular weight excluding hydrogens is 342 g/mol.